The Kier molecular flexibility index (Phi) is 4.71. The van der Waals surface area contributed by atoms with Crippen LogP contribution >= 0.6 is 47.8 Å². The molecule has 0 amide bonds. The van der Waals surface area contributed by atoms with Crippen molar-refractivity contribution < 1.29 is 9.90 Å². The minimum Gasteiger partial charge on any atom is -0.477 e. The molecule has 0 aliphatic rings. The summed E-state index contributed by atoms with van der Waals surface area (Å²) in [5, 5.41) is 17.4. The largest absolute Gasteiger partial charge is 0.477 e. The first kappa shape index (κ1) is 13.4. The number of carboxylic acids is 1. The normalized spacial score (nSPS) is 11.0. The summed E-state index contributed by atoms with van der Waals surface area (Å²) in [6, 6.07) is 5.16. The topological polar surface area (TPSA) is 61.1 Å². The van der Waals surface area contributed by atoms with Gasteiger partial charge in [0.25, 0.3) is 0 Å². The van der Waals surface area contributed by atoms with Gasteiger partial charge < -0.3 is 5.11 Å². The highest BCUT2D eigenvalue weighted by Crippen LogP contribution is 2.31. The lowest BCUT2D eigenvalue weighted by atomic mass is 10.1. The quantitative estimate of drug-likeness (QED) is 0.457. The Balaban J connectivity index is 3.35. The van der Waals surface area contributed by atoms with E-state index in [1.54, 1.807) is 12.1 Å². The first-order valence-corrected chi connectivity index (χ1v) is 6.33. The molecule has 82 valence electrons. The molecule has 0 saturated carbocycles. The van der Waals surface area contributed by atoms with Crippen molar-refractivity contribution >= 4 is 59.8 Å². The van der Waals surface area contributed by atoms with E-state index in [2.05, 4.69) is 47.8 Å². The molecule has 6 heteroatoms. The monoisotopic (exact) mass is 407 g/mol. The summed E-state index contributed by atoms with van der Waals surface area (Å²) < 4.78 is 2.26. The van der Waals surface area contributed by atoms with Crippen LogP contribution in [0, 0.1) is 11.3 Å². The average Bonchev–Trinajstić information content (AvgIpc) is 2.20. The number of carbonyl (C=O) groups is 1. The highest BCUT2D eigenvalue weighted by Gasteiger charge is 2.09. The number of nitriles is 1. The van der Waals surface area contributed by atoms with Gasteiger partial charge in [0.05, 0.1) is 0 Å². The van der Waals surface area contributed by atoms with Crippen LogP contribution in [0.5, 0.6) is 0 Å². The standard InChI is InChI=1S/C10H4Br3NO2/c11-7-2-5(9(13)8(12)3-7)1-6(4-14)10(15)16/h1-3H,(H,15,16). The van der Waals surface area contributed by atoms with Crippen molar-refractivity contribution in [3.05, 3.63) is 36.7 Å². The molecule has 0 fully saturated rings. The van der Waals surface area contributed by atoms with E-state index < -0.39 is 5.97 Å². The molecule has 1 N–H and O–H groups in total. The van der Waals surface area contributed by atoms with E-state index in [9.17, 15) is 4.79 Å². The lowest BCUT2D eigenvalue weighted by molar-refractivity contribution is -0.132. The number of hydrogen-bond donors (Lipinski definition) is 1. The molecule has 0 atom stereocenters. The number of aliphatic carboxylic acids is 1. The first-order chi connectivity index (χ1) is 7.45. The predicted molar refractivity (Wildman–Crippen MR) is 70.8 cm³/mol. The summed E-state index contributed by atoms with van der Waals surface area (Å²) in [7, 11) is 0. The molecular formula is C10H4Br3NO2. The summed E-state index contributed by atoms with van der Waals surface area (Å²) in [4.78, 5) is 10.7. The van der Waals surface area contributed by atoms with Gasteiger partial charge in [0.1, 0.15) is 11.6 Å². The van der Waals surface area contributed by atoms with Crippen LogP contribution in [0.15, 0.2) is 31.1 Å². The van der Waals surface area contributed by atoms with Gasteiger partial charge in [-0.25, -0.2) is 4.79 Å². The predicted octanol–water partition coefficient (Wildman–Crippen LogP) is 3.97. The zero-order valence-electron chi connectivity index (χ0n) is 7.67. The van der Waals surface area contributed by atoms with Gasteiger partial charge in [0, 0.05) is 13.4 Å². The van der Waals surface area contributed by atoms with E-state index in [-0.39, 0.29) is 5.57 Å². The zero-order chi connectivity index (χ0) is 12.3. The Bertz CT molecular complexity index is 518. The molecular weight excluding hydrogens is 406 g/mol. The Morgan fingerprint density at radius 3 is 2.50 bits per heavy atom. The van der Waals surface area contributed by atoms with Crippen molar-refractivity contribution in [2.24, 2.45) is 0 Å². The lowest BCUT2D eigenvalue weighted by Gasteiger charge is -2.03. The number of hydrogen-bond acceptors (Lipinski definition) is 2. The number of nitrogens with zero attached hydrogens (tertiary/aromatic N) is 1. The highest BCUT2D eigenvalue weighted by atomic mass is 79.9. The molecule has 0 bridgehead atoms. The second kappa shape index (κ2) is 5.62. The third kappa shape index (κ3) is 3.17. The molecule has 3 nitrogen and oxygen atoms in total. The van der Waals surface area contributed by atoms with Crippen LogP contribution in [0.1, 0.15) is 5.56 Å². The molecule has 0 radical (unpaired) electrons. The molecule has 0 aliphatic heterocycles. The van der Waals surface area contributed by atoms with Crippen molar-refractivity contribution in [3.8, 4) is 6.07 Å². The number of carboxylic acid groups (broad SMARTS) is 1. The van der Waals surface area contributed by atoms with Crippen molar-refractivity contribution in [1.82, 2.24) is 0 Å². The molecule has 1 rings (SSSR count). The van der Waals surface area contributed by atoms with Crippen LogP contribution in [0.2, 0.25) is 0 Å². The van der Waals surface area contributed by atoms with Crippen molar-refractivity contribution in [2.45, 2.75) is 0 Å². The third-order valence-corrected chi connectivity index (χ3v) is 4.17. The minimum absolute atomic E-state index is 0.314. The fourth-order valence-electron chi connectivity index (χ4n) is 0.978. The highest BCUT2D eigenvalue weighted by molar-refractivity contribution is 9.13. The summed E-state index contributed by atoms with van der Waals surface area (Å²) in [5.74, 6) is -1.24. The molecule has 1 aromatic carbocycles. The summed E-state index contributed by atoms with van der Waals surface area (Å²) in [5.41, 5.74) is 0.297. The van der Waals surface area contributed by atoms with Gasteiger partial charge in [-0.1, -0.05) is 15.9 Å². The molecule has 0 spiro atoms. The molecule has 0 unspecified atom stereocenters. The fraction of sp³-hybridized carbons (Fsp3) is 0. The maximum Gasteiger partial charge on any atom is 0.346 e. The lowest BCUT2D eigenvalue weighted by Crippen LogP contribution is -1.97. The van der Waals surface area contributed by atoms with Gasteiger partial charge >= 0.3 is 5.97 Å². The average molecular weight is 410 g/mol. The summed E-state index contributed by atoms with van der Waals surface area (Å²) >= 11 is 9.90. The van der Waals surface area contributed by atoms with E-state index in [4.69, 9.17) is 10.4 Å². The fourth-order valence-corrected chi connectivity index (χ4v) is 2.58. The number of rotatable bonds is 2. The molecule has 16 heavy (non-hydrogen) atoms. The van der Waals surface area contributed by atoms with Gasteiger partial charge in [-0.05, 0) is 55.6 Å². The van der Waals surface area contributed by atoms with E-state index in [0.717, 1.165) is 8.95 Å². The molecule has 0 aliphatic carbocycles. The Labute approximate surface area is 117 Å². The minimum atomic E-state index is -1.24. The van der Waals surface area contributed by atoms with E-state index >= 15 is 0 Å². The van der Waals surface area contributed by atoms with Crippen LogP contribution in [0.25, 0.3) is 6.08 Å². The van der Waals surface area contributed by atoms with Crippen LogP contribution in [0.3, 0.4) is 0 Å². The van der Waals surface area contributed by atoms with E-state index in [1.807, 2.05) is 6.07 Å². The first-order valence-electron chi connectivity index (χ1n) is 3.95. The van der Waals surface area contributed by atoms with E-state index in [0.29, 0.717) is 10.0 Å². The second-order valence-electron chi connectivity index (χ2n) is 2.77. The molecule has 0 heterocycles. The van der Waals surface area contributed by atoms with Gasteiger partial charge in [-0.2, -0.15) is 5.26 Å². The smallest absolute Gasteiger partial charge is 0.346 e. The van der Waals surface area contributed by atoms with Gasteiger partial charge in [-0.3, -0.25) is 0 Å². The van der Waals surface area contributed by atoms with Crippen molar-refractivity contribution in [3.63, 3.8) is 0 Å². The van der Waals surface area contributed by atoms with Gasteiger partial charge in [0.15, 0.2) is 0 Å². The summed E-state index contributed by atoms with van der Waals surface area (Å²) in [6.45, 7) is 0. The third-order valence-electron chi connectivity index (χ3n) is 1.67. The van der Waals surface area contributed by atoms with Gasteiger partial charge in [-0.15, -0.1) is 0 Å². The molecule has 0 aromatic heterocycles. The number of halogens is 3. The SMILES string of the molecule is N#CC(=Cc1cc(Br)cc(Br)c1Br)C(=O)O. The zero-order valence-corrected chi connectivity index (χ0v) is 12.4. The van der Waals surface area contributed by atoms with Crippen LogP contribution in [-0.2, 0) is 4.79 Å². The molecule has 1 aromatic rings. The van der Waals surface area contributed by atoms with E-state index in [1.165, 1.54) is 6.08 Å². The van der Waals surface area contributed by atoms with Crippen molar-refractivity contribution in [2.75, 3.05) is 0 Å². The maximum absolute atomic E-state index is 10.7. The van der Waals surface area contributed by atoms with Crippen molar-refractivity contribution in [1.29, 1.82) is 5.26 Å². The summed E-state index contributed by atoms with van der Waals surface area (Å²) in [6.07, 6.45) is 1.31. The molecule has 0 saturated heterocycles. The number of benzene rings is 1. The van der Waals surface area contributed by atoms with Gasteiger partial charge in [0.2, 0.25) is 0 Å². The van der Waals surface area contributed by atoms with Crippen LogP contribution < -0.4 is 0 Å². The Morgan fingerprint density at radius 1 is 1.38 bits per heavy atom. The van der Waals surface area contributed by atoms with Crippen LogP contribution in [-0.4, -0.2) is 11.1 Å². The Hall–Kier alpha value is -0.640. The maximum atomic E-state index is 10.7. The second-order valence-corrected chi connectivity index (χ2v) is 5.33. The Morgan fingerprint density at radius 2 is 2.00 bits per heavy atom. The van der Waals surface area contributed by atoms with Crippen LogP contribution in [0.4, 0.5) is 0 Å².